The molecule has 2 aromatic rings. The van der Waals surface area contributed by atoms with Gasteiger partial charge in [0, 0.05) is 18.8 Å². The molecule has 1 fully saturated rings. The first-order valence-electron chi connectivity index (χ1n) is 8.33. The van der Waals surface area contributed by atoms with Gasteiger partial charge in [0.1, 0.15) is 0 Å². The van der Waals surface area contributed by atoms with Gasteiger partial charge in [0.25, 0.3) is 0 Å². The Bertz CT molecular complexity index is 596. The highest BCUT2D eigenvalue weighted by molar-refractivity contribution is 5.56. The maximum absolute atomic E-state index is 9.59. The van der Waals surface area contributed by atoms with E-state index in [1.807, 2.05) is 0 Å². The minimum atomic E-state index is 0.298. The Morgan fingerprint density at radius 2 is 1.77 bits per heavy atom. The summed E-state index contributed by atoms with van der Waals surface area (Å²) in [6.07, 6.45) is 3.15. The van der Waals surface area contributed by atoms with Crippen LogP contribution in [0.5, 0.6) is 0 Å². The molecule has 2 atom stereocenters. The third-order valence-electron chi connectivity index (χ3n) is 4.84. The normalized spacial score (nSPS) is 21.8. The predicted molar refractivity (Wildman–Crippen MR) is 92.2 cm³/mol. The molecule has 2 nitrogen and oxygen atoms in total. The number of rotatable bonds is 4. The molecule has 1 heterocycles. The fraction of sp³-hybridized carbons (Fsp3) is 0.400. The van der Waals surface area contributed by atoms with Crippen LogP contribution in [-0.2, 0) is 6.42 Å². The average molecular weight is 295 g/mol. The van der Waals surface area contributed by atoms with Gasteiger partial charge in [0.15, 0.2) is 0 Å². The van der Waals surface area contributed by atoms with Crippen LogP contribution >= 0.6 is 0 Å². The van der Waals surface area contributed by atoms with Gasteiger partial charge in [-0.2, -0.15) is 0 Å². The number of aliphatic hydroxyl groups is 1. The zero-order valence-electron chi connectivity index (χ0n) is 13.3. The molecular weight excluding hydrogens is 270 g/mol. The van der Waals surface area contributed by atoms with Gasteiger partial charge in [0.05, 0.1) is 6.04 Å². The van der Waals surface area contributed by atoms with E-state index in [1.165, 1.54) is 16.8 Å². The molecule has 0 bridgehead atoms. The van der Waals surface area contributed by atoms with Crippen LogP contribution < -0.4 is 4.90 Å². The largest absolute Gasteiger partial charge is 0.396 e. The Balaban J connectivity index is 1.97. The van der Waals surface area contributed by atoms with Crippen molar-refractivity contribution in [2.75, 3.05) is 18.1 Å². The quantitative estimate of drug-likeness (QED) is 0.914. The van der Waals surface area contributed by atoms with E-state index in [9.17, 15) is 5.11 Å². The summed E-state index contributed by atoms with van der Waals surface area (Å²) in [7, 11) is 0. The molecule has 0 saturated carbocycles. The van der Waals surface area contributed by atoms with Crippen molar-refractivity contribution in [3.8, 4) is 0 Å². The van der Waals surface area contributed by atoms with Crippen LogP contribution in [0.3, 0.4) is 0 Å². The van der Waals surface area contributed by atoms with Crippen molar-refractivity contribution in [3.05, 3.63) is 65.7 Å². The van der Waals surface area contributed by atoms with E-state index in [4.69, 9.17) is 0 Å². The molecule has 1 N–H and O–H groups in total. The highest BCUT2D eigenvalue weighted by atomic mass is 16.3. The van der Waals surface area contributed by atoms with Gasteiger partial charge >= 0.3 is 0 Å². The minimum Gasteiger partial charge on any atom is -0.396 e. The van der Waals surface area contributed by atoms with Crippen LogP contribution in [-0.4, -0.2) is 18.3 Å². The summed E-state index contributed by atoms with van der Waals surface area (Å²) in [4.78, 5) is 2.54. The van der Waals surface area contributed by atoms with Crippen LogP contribution in [0.25, 0.3) is 0 Å². The fourth-order valence-electron chi connectivity index (χ4n) is 3.57. The Labute approximate surface area is 133 Å². The summed E-state index contributed by atoms with van der Waals surface area (Å²) in [5, 5.41) is 9.59. The lowest BCUT2D eigenvalue weighted by molar-refractivity contribution is 0.188. The van der Waals surface area contributed by atoms with Gasteiger partial charge in [-0.15, -0.1) is 0 Å². The highest BCUT2D eigenvalue weighted by Crippen LogP contribution is 2.38. The van der Waals surface area contributed by atoms with Crippen molar-refractivity contribution in [2.24, 2.45) is 5.92 Å². The lowest BCUT2D eigenvalue weighted by atomic mass is 9.86. The molecule has 0 radical (unpaired) electrons. The second-order valence-electron chi connectivity index (χ2n) is 6.18. The SMILES string of the molecule is CCc1ccccc1N1CCC(CO)CC1c1ccccc1. The molecule has 1 aliphatic rings. The average Bonchev–Trinajstić information content (AvgIpc) is 2.62. The van der Waals surface area contributed by atoms with Gasteiger partial charge in [-0.1, -0.05) is 55.5 Å². The lowest BCUT2D eigenvalue weighted by Gasteiger charge is -2.42. The monoisotopic (exact) mass is 295 g/mol. The fourth-order valence-corrected chi connectivity index (χ4v) is 3.57. The number of anilines is 1. The Hall–Kier alpha value is -1.80. The predicted octanol–water partition coefficient (Wildman–Crippen LogP) is 4.20. The number of aliphatic hydroxyl groups excluding tert-OH is 1. The summed E-state index contributed by atoms with van der Waals surface area (Å²) < 4.78 is 0. The molecule has 0 amide bonds. The summed E-state index contributed by atoms with van der Waals surface area (Å²) in [6.45, 7) is 3.53. The molecule has 2 heteroatoms. The van der Waals surface area contributed by atoms with Gasteiger partial charge in [-0.3, -0.25) is 0 Å². The first-order chi connectivity index (χ1) is 10.8. The van der Waals surface area contributed by atoms with E-state index in [0.29, 0.717) is 18.6 Å². The van der Waals surface area contributed by atoms with E-state index >= 15 is 0 Å². The lowest BCUT2D eigenvalue weighted by Crippen LogP contribution is -2.38. The number of hydrogen-bond donors (Lipinski definition) is 1. The first kappa shape index (κ1) is 15.1. The summed E-state index contributed by atoms with van der Waals surface area (Å²) in [6, 6.07) is 19.8. The third kappa shape index (κ3) is 3.02. The minimum absolute atomic E-state index is 0.298. The van der Waals surface area contributed by atoms with Crippen molar-refractivity contribution in [1.29, 1.82) is 0 Å². The second kappa shape index (κ2) is 6.97. The maximum atomic E-state index is 9.59. The summed E-state index contributed by atoms with van der Waals surface area (Å²) in [5.74, 6) is 0.412. The molecule has 22 heavy (non-hydrogen) atoms. The van der Waals surface area contributed by atoms with Crippen molar-refractivity contribution >= 4 is 5.69 Å². The number of piperidine rings is 1. The van der Waals surface area contributed by atoms with E-state index in [1.54, 1.807) is 0 Å². The van der Waals surface area contributed by atoms with Gasteiger partial charge in [-0.05, 0) is 42.4 Å². The molecular formula is C20H25NO. The first-order valence-corrected chi connectivity index (χ1v) is 8.33. The van der Waals surface area contributed by atoms with E-state index in [-0.39, 0.29) is 0 Å². The van der Waals surface area contributed by atoms with Crippen molar-refractivity contribution < 1.29 is 5.11 Å². The number of hydrogen-bond acceptors (Lipinski definition) is 2. The standard InChI is InChI=1S/C20H25NO/c1-2-17-8-6-7-11-19(17)21-13-12-16(15-22)14-20(21)18-9-4-3-5-10-18/h3-11,16,20,22H,2,12-15H2,1H3. The molecule has 2 unspecified atom stereocenters. The maximum Gasteiger partial charge on any atom is 0.0546 e. The van der Waals surface area contributed by atoms with Crippen molar-refractivity contribution in [1.82, 2.24) is 0 Å². The summed E-state index contributed by atoms with van der Waals surface area (Å²) >= 11 is 0. The zero-order chi connectivity index (χ0) is 15.4. The topological polar surface area (TPSA) is 23.5 Å². The van der Waals surface area contributed by atoms with Gasteiger partial charge in [0.2, 0.25) is 0 Å². The Morgan fingerprint density at radius 3 is 2.50 bits per heavy atom. The zero-order valence-corrected chi connectivity index (χ0v) is 13.3. The van der Waals surface area contributed by atoms with E-state index < -0.39 is 0 Å². The van der Waals surface area contributed by atoms with E-state index in [2.05, 4.69) is 66.4 Å². The van der Waals surface area contributed by atoms with Crippen LogP contribution in [0.4, 0.5) is 5.69 Å². The van der Waals surface area contributed by atoms with Gasteiger partial charge in [-0.25, -0.2) is 0 Å². The highest BCUT2D eigenvalue weighted by Gasteiger charge is 2.30. The van der Waals surface area contributed by atoms with Gasteiger partial charge < -0.3 is 10.0 Å². The second-order valence-corrected chi connectivity index (χ2v) is 6.18. The number of nitrogens with zero attached hydrogens (tertiary/aromatic N) is 1. The number of aryl methyl sites for hydroxylation is 1. The molecule has 1 aliphatic heterocycles. The molecule has 0 spiro atoms. The van der Waals surface area contributed by atoms with Crippen LogP contribution in [0.15, 0.2) is 54.6 Å². The number of para-hydroxylation sites is 1. The summed E-state index contributed by atoms with van der Waals surface area (Å²) in [5.41, 5.74) is 4.12. The molecule has 2 aromatic carbocycles. The molecule has 0 aromatic heterocycles. The van der Waals surface area contributed by atoms with Crippen LogP contribution in [0.2, 0.25) is 0 Å². The smallest absolute Gasteiger partial charge is 0.0546 e. The van der Waals surface area contributed by atoms with E-state index in [0.717, 1.165) is 25.8 Å². The number of benzene rings is 2. The van der Waals surface area contributed by atoms with Crippen LogP contribution in [0, 0.1) is 5.92 Å². The van der Waals surface area contributed by atoms with Crippen molar-refractivity contribution in [3.63, 3.8) is 0 Å². The molecule has 1 saturated heterocycles. The molecule has 3 rings (SSSR count). The Kier molecular flexibility index (Phi) is 4.79. The van der Waals surface area contributed by atoms with Crippen molar-refractivity contribution in [2.45, 2.75) is 32.2 Å². The molecule has 116 valence electrons. The molecule has 0 aliphatic carbocycles. The Morgan fingerprint density at radius 1 is 1.05 bits per heavy atom. The third-order valence-corrected chi connectivity index (χ3v) is 4.84. The van der Waals surface area contributed by atoms with Crippen LogP contribution in [0.1, 0.15) is 36.9 Å².